The lowest BCUT2D eigenvalue weighted by atomic mass is 9.45. The van der Waals surface area contributed by atoms with Crippen LogP contribution >= 0.6 is 46.6 Å². The monoisotopic (exact) mass is 1650 g/mol. The van der Waals surface area contributed by atoms with Gasteiger partial charge in [0.05, 0.1) is 62.7 Å². The van der Waals surface area contributed by atoms with Gasteiger partial charge in [-0.1, -0.05) is 132 Å². The maximum atomic E-state index is 14.3. The second-order valence-corrected chi connectivity index (χ2v) is 40.8. The van der Waals surface area contributed by atoms with Gasteiger partial charge in [0.1, 0.15) is 11.2 Å². The van der Waals surface area contributed by atoms with Crippen LogP contribution in [-0.4, -0.2) is 135 Å². The van der Waals surface area contributed by atoms with E-state index in [4.69, 9.17) is 9.47 Å². The SMILES string of the molecule is CC12CCC(=O)C=C1CCC1C2[C@@H](O)CC2(C)C1CC[C@]2(O)C(=O)CSc1ccc(C(F)(F)F)cn1.CC12CCC(=O)C=C1CCC1C2[C@@H](O)CC2(C)C1CC[C@]2(O)C(=O)CSc1ncc(-c2ccccc2)s1.CCCC1O[C@@H]2CC3C4CCC5=CC(=O)C=CC5(C)C4[C@@H](O)CC3(C)[C@]2(C(=O)CSc2ccc(C(F)(F)F)cc2)O1. The number of allylic oxidation sites excluding steroid dienone is 6. The number of alkyl halides is 6. The van der Waals surface area contributed by atoms with Crippen molar-refractivity contribution in [1.29, 1.82) is 0 Å². The average Bonchev–Trinajstić information content (AvgIpc) is 1.50. The molecule has 12 aliphatic carbocycles. The van der Waals surface area contributed by atoms with E-state index in [2.05, 4.69) is 37.7 Å². The van der Waals surface area contributed by atoms with Crippen molar-refractivity contribution in [2.45, 2.75) is 251 Å². The van der Waals surface area contributed by atoms with Gasteiger partial charge in [0.25, 0.3) is 0 Å². The maximum Gasteiger partial charge on any atom is 0.417 e. The number of ketones is 6. The van der Waals surface area contributed by atoms with Crippen molar-refractivity contribution < 1.29 is 90.1 Å². The Hall–Kier alpha value is -5.45. The van der Waals surface area contributed by atoms with Gasteiger partial charge in [-0.2, -0.15) is 26.3 Å². The molecule has 2 aromatic heterocycles. The van der Waals surface area contributed by atoms with Gasteiger partial charge >= 0.3 is 12.4 Å². The van der Waals surface area contributed by atoms with Crippen molar-refractivity contribution in [3.63, 3.8) is 0 Å². The van der Waals surface area contributed by atoms with Crippen LogP contribution in [0.25, 0.3) is 10.4 Å². The second-order valence-electron chi connectivity index (χ2n) is 36.5. The third-order valence-electron chi connectivity index (χ3n) is 31.1. The Morgan fingerprint density at radius 3 is 1.62 bits per heavy atom. The molecule has 10 fully saturated rings. The molecule has 23 atom stereocenters. The molecule has 0 radical (unpaired) electrons. The van der Waals surface area contributed by atoms with Crippen LogP contribution < -0.4 is 0 Å². The summed E-state index contributed by atoms with van der Waals surface area (Å²) in [6, 6.07) is 17.1. The van der Waals surface area contributed by atoms with E-state index in [0.29, 0.717) is 69.1 Å². The Morgan fingerprint density at radius 2 is 1.08 bits per heavy atom. The quantitative estimate of drug-likeness (QED) is 0.0548. The summed E-state index contributed by atoms with van der Waals surface area (Å²) < 4.78 is 91.4. The van der Waals surface area contributed by atoms with Gasteiger partial charge in [0.2, 0.25) is 0 Å². The van der Waals surface area contributed by atoms with E-state index in [1.807, 2.05) is 69.5 Å². The summed E-state index contributed by atoms with van der Waals surface area (Å²) >= 11 is 5.19. The Kier molecular flexibility index (Phi) is 22.5. The van der Waals surface area contributed by atoms with Crippen LogP contribution in [0.4, 0.5) is 26.3 Å². The number of thiazole rings is 1. The largest absolute Gasteiger partial charge is 0.417 e. The average molecular weight is 1650 g/mol. The summed E-state index contributed by atoms with van der Waals surface area (Å²) in [7, 11) is 0. The van der Waals surface area contributed by atoms with Crippen molar-refractivity contribution in [1.82, 2.24) is 9.97 Å². The molecule has 13 aliphatic rings. The molecule has 0 amide bonds. The maximum absolute atomic E-state index is 14.3. The van der Waals surface area contributed by atoms with Gasteiger partial charge < -0.3 is 35.0 Å². The number of halogens is 6. The number of nitrogens with zero attached hydrogens (tertiary/aromatic N) is 2. The molecule has 1 saturated heterocycles. The fraction of sp³-hybridized carbons (Fsp3) is 0.618. The van der Waals surface area contributed by atoms with Crippen molar-refractivity contribution in [3.05, 3.63) is 137 Å². The standard InChI is InChI=1S/C32H37F3O5S.C30H35NO4S2.C27H32F3NO4S/c1-4-5-27-39-26-15-23-22-11-8-19-14-20(36)12-13-29(19,2)28(22)24(37)16-30(23,3)31(26,40-27)25(38)17-41-21-9-6-18(7-10-21)32(33,34)35;1-28-12-10-20(32)14-19(28)8-9-21-22-11-13-30(35,29(22,2)15-23(33)26(21)28)25(34)17-36-27-31-16-24(37-27)18-6-4-3-5-7-18;1-24-9-7-17(32)11-15(24)3-5-18-19-8-10-26(35,25(19,2)12-20(33)23(18)24)21(34)14-36-22-6-4-16(13-31-22)27(28,29)30/h6-7,9-10,12-14,22-24,26-28,37H,4-5,8,11,15-17H2,1-3H3;3-7,14,16,21-23,26,33,35H,8-13,15,17H2,1-2H3;4,6,11,13,18-20,23,33,35H,3,5,7-10,12,14H2,1-2H3/t22?,23?,24-,26+,27?,28?,29?,30?,31+;21?,22?,23-,26?,28?,29?,30-;18?,19?,20-,23?,24?,25?,26-/m000/s1. The van der Waals surface area contributed by atoms with Crippen molar-refractivity contribution in [3.8, 4) is 10.4 Å². The number of benzene rings is 2. The van der Waals surface area contributed by atoms with Gasteiger partial charge in [-0.3, -0.25) is 28.8 Å². The lowest BCUT2D eigenvalue weighted by Crippen LogP contribution is -2.63. The molecule has 3 heterocycles. The highest BCUT2D eigenvalue weighted by Crippen LogP contribution is 2.73. The number of rotatable bonds is 15. The van der Waals surface area contributed by atoms with Crippen LogP contribution in [0.15, 0.2) is 140 Å². The molecular formula is C89H104F6N2O13S4. The van der Waals surface area contributed by atoms with Crippen molar-refractivity contribution in [2.75, 3.05) is 17.3 Å². The number of thioether (sulfide) groups is 3. The normalized spacial score (nSPS) is 40.2. The van der Waals surface area contributed by atoms with Gasteiger partial charge in [0, 0.05) is 57.7 Å². The Bertz CT molecular complexity index is 4550. The molecule has 2 aromatic carbocycles. The number of aromatic nitrogens is 2. The number of carbonyl (C=O) groups excluding carboxylic acids is 6. The van der Waals surface area contributed by atoms with Gasteiger partial charge in [-0.25, -0.2) is 9.97 Å². The molecule has 0 spiro atoms. The van der Waals surface area contributed by atoms with Crippen LogP contribution in [0.3, 0.4) is 0 Å². The molecule has 614 valence electrons. The first-order valence-corrected chi connectivity index (χ1v) is 44.5. The first kappa shape index (κ1) is 83.6. The number of ether oxygens (including phenoxy) is 2. The number of carbonyl (C=O) groups is 6. The van der Waals surface area contributed by atoms with Gasteiger partial charge in [-0.05, 0) is 234 Å². The fourth-order valence-electron chi connectivity index (χ4n) is 25.5. The number of fused-ring (bicyclic) bond motifs is 17. The van der Waals surface area contributed by atoms with Crippen LogP contribution in [-0.2, 0) is 50.6 Å². The fourth-order valence-corrected chi connectivity index (χ4v) is 29.1. The minimum Gasteiger partial charge on any atom is -0.393 e. The van der Waals surface area contributed by atoms with Crippen LogP contribution in [0.1, 0.15) is 188 Å². The van der Waals surface area contributed by atoms with E-state index in [9.17, 15) is 80.6 Å². The molecule has 17 rings (SSSR count). The van der Waals surface area contributed by atoms with Crippen LogP contribution in [0, 0.1) is 85.8 Å². The topological polar surface area (TPSA) is 248 Å². The molecule has 25 heteroatoms. The highest BCUT2D eigenvalue weighted by atomic mass is 32.2. The summed E-state index contributed by atoms with van der Waals surface area (Å²) in [5.74, 6) is 0.680. The highest BCUT2D eigenvalue weighted by molar-refractivity contribution is 8.01. The number of hydrogen-bond donors (Lipinski definition) is 5. The summed E-state index contributed by atoms with van der Waals surface area (Å²) in [6.07, 6.45) is 12.7. The predicted molar refractivity (Wildman–Crippen MR) is 422 cm³/mol. The zero-order valence-electron chi connectivity index (χ0n) is 65.5. The minimum absolute atomic E-state index is 0.00755. The number of hydrogen-bond acceptors (Lipinski definition) is 19. The summed E-state index contributed by atoms with van der Waals surface area (Å²) in [6.45, 7) is 14.6. The molecule has 114 heavy (non-hydrogen) atoms. The molecule has 5 N–H and O–H groups in total. The third-order valence-corrected chi connectivity index (χ3v) is 35.2. The van der Waals surface area contributed by atoms with Crippen molar-refractivity contribution in [2.24, 2.45) is 85.8 Å². The second kappa shape index (κ2) is 30.7. The smallest absolute Gasteiger partial charge is 0.393 e. The summed E-state index contributed by atoms with van der Waals surface area (Å²) in [5.41, 5.74) is -4.30. The predicted octanol–water partition coefficient (Wildman–Crippen LogP) is 17.2. The Morgan fingerprint density at radius 1 is 0.561 bits per heavy atom. The van der Waals surface area contributed by atoms with Crippen molar-refractivity contribution >= 4 is 81.3 Å². The van der Waals surface area contributed by atoms with E-state index in [1.54, 1.807) is 29.6 Å². The van der Waals surface area contributed by atoms with E-state index in [-0.39, 0.29) is 121 Å². The lowest BCUT2D eigenvalue weighted by molar-refractivity contribution is -0.197. The highest BCUT2D eigenvalue weighted by Gasteiger charge is 2.77. The third kappa shape index (κ3) is 14.0. The molecule has 1 aliphatic heterocycles. The number of aliphatic hydroxyl groups is 5. The van der Waals surface area contributed by atoms with Gasteiger partial charge in [-0.15, -0.1) is 23.1 Å². The zero-order valence-corrected chi connectivity index (χ0v) is 68.8. The first-order chi connectivity index (χ1) is 53.8. The van der Waals surface area contributed by atoms with E-state index in [0.717, 1.165) is 126 Å². The summed E-state index contributed by atoms with van der Waals surface area (Å²) in [4.78, 5) is 87.7. The van der Waals surface area contributed by atoms with Crippen LogP contribution in [0.5, 0.6) is 0 Å². The number of pyridine rings is 1. The zero-order chi connectivity index (χ0) is 81.5. The van der Waals surface area contributed by atoms with E-state index >= 15 is 0 Å². The first-order valence-electron chi connectivity index (χ1n) is 40.7. The molecule has 4 aromatic rings. The number of aliphatic hydroxyl groups excluding tert-OH is 3. The summed E-state index contributed by atoms with van der Waals surface area (Å²) in [5, 5.41) is 58.9. The molecule has 16 unspecified atom stereocenters. The molecular weight excluding hydrogens is 1550 g/mol. The molecule has 15 nitrogen and oxygen atoms in total. The Balaban J connectivity index is 0.000000135. The van der Waals surface area contributed by atoms with E-state index in [1.165, 1.54) is 47.3 Å². The van der Waals surface area contributed by atoms with Gasteiger partial charge in [0.15, 0.2) is 50.9 Å². The number of Topliss-reactive ketones (excluding diaryl/α,β-unsaturated/α-hetero) is 3. The lowest BCUT2D eigenvalue weighted by Gasteiger charge is -2.60. The van der Waals surface area contributed by atoms with E-state index < -0.39 is 92.6 Å². The minimum atomic E-state index is -4.48. The van der Waals surface area contributed by atoms with Crippen LogP contribution in [0.2, 0.25) is 0 Å². The molecule has 9 saturated carbocycles. The molecule has 0 bridgehead atoms. The Labute approximate surface area is 679 Å².